The van der Waals surface area contributed by atoms with Gasteiger partial charge in [-0.25, -0.2) is 9.67 Å². The highest BCUT2D eigenvalue weighted by molar-refractivity contribution is 5.83. The molecule has 0 radical (unpaired) electrons. The van der Waals surface area contributed by atoms with Gasteiger partial charge in [-0.3, -0.25) is 14.6 Å². The normalized spacial score (nSPS) is 17.1. The minimum atomic E-state index is -0.140. The summed E-state index contributed by atoms with van der Waals surface area (Å²) in [6.45, 7) is 5.42. The van der Waals surface area contributed by atoms with Crippen molar-refractivity contribution in [2.45, 2.75) is 45.7 Å². The maximum absolute atomic E-state index is 12.9. The smallest absolute Gasteiger partial charge is 0.223 e. The van der Waals surface area contributed by atoms with Gasteiger partial charge in [0.1, 0.15) is 0 Å². The molecular formula is C20H28N6O2. The van der Waals surface area contributed by atoms with Crippen LogP contribution in [0, 0.1) is 5.92 Å². The van der Waals surface area contributed by atoms with E-state index in [0.717, 1.165) is 17.8 Å². The first kappa shape index (κ1) is 20.0. The van der Waals surface area contributed by atoms with E-state index >= 15 is 0 Å². The Balaban J connectivity index is 1.86. The third kappa shape index (κ3) is 4.05. The van der Waals surface area contributed by atoms with Gasteiger partial charge in [0.05, 0.1) is 12.6 Å². The maximum Gasteiger partial charge on any atom is 0.223 e. The Morgan fingerprint density at radius 3 is 2.71 bits per heavy atom. The molecule has 2 aromatic rings. The van der Waals surface area contributed by atoms with Crippen LogP contribution >= 0.6 is 0 Å². The number of rotatable bonds is 6. The summed E-state index contributed by atoms with van der Waals surface area (Å²) in [5.41, 5.74) is 0.863. The number of hydrogen-bond donors (Lipinski definition) is 0. The number of carbonyl (C=O) groups is 2. The molecule has 2 aromatic heterocycles. The van der Waals surface area contributed by atoms with Crippen molar-refractivity contribution in [1.29, 1.82) is 0 Å². The minimum Gasteiger partial charge on any atom is -0.349 e. The Bertz CT molecular complexity index is 832. The molecule has 0 bridgehead atoms. The van der Waals surface area contributed by atoms with Crippen LogP contribution in [0.2, 0.25) is 0 Å². The Morgan fingerprint density at radius 1 is 1.29 bits per heavy atom. The summed E-state index contributed by atoms with van der Waals surface area (Å²) in [5, 5.41) is 4.65. The van der Waals surface area contributed by atoms with Crippen molar-refractivity contribution in [2.75, 3.05) is 20.6 Å². The van der Waals surface area contributed by atoms with Gasteiger partial charge in [-0.15, -0.1) is 0 Å². The van der Waals surface area contributed by atoms with Crippen LogP contribution in [0.15, 0.2) is 24.5 Å². The second-order valence-electron chi connectivity index (χ2n) is 7.46. The summed E-state index contributed by atoms with van der Waals surface area (Å²) in [6.07, 6.45) is 4.82. The van der Waals surface area contributed by atoms with Gasteiger partial charge in [0, 0.05) is 51.4 Å². The summed E-state index contributed by atoms with van der Waals surface area (Å²) in [5.74, 6) is 1.64. The highest BCUT2D eigenvalue weighted by atomic mass is 16.2. The summed E-state index contributed by atoms with van der Waals surface area (Å²) >= 11 is 0. The van der Waals surface area contributed by atoms with Crippen molar-refractivity contribution in [3.63, 3.8) is 0 Å². The lowest BCUT2D eigenvalue weighted by molar-refractivity contribution is -0.139. The standard InChI is InChI=1S/C20H28N6O2/c1-5-14(2)18-20-22-19(15-7-6-10-21-13-15)23-26(20)12-11-25(18)17(28)9-8-16(27)24(3)4/h6-7,10,13-14,18H,5,8-9,11-12H2,1-4H3/t14-,18-/m0/s1. The van der Waals surface area contributed by atoms with Crippen LogP contribution < -0.4 is 0 Å². The molecule has 2 amide bonds. The van der Waals surface area contributed by atoms with Gasteiger partial charge < -0.3 is 9.80 Å². The quantitative estimate of drug-likeness (QED) is 0.762. The van der Waals surface area contributed by atoms with Crippen molar-refractivity contribution < 1.29 is 9.59 Å². The fourth-order valence-corrected chi connectivity index (χ4v) is 3.48. The molecule has 28 heavy (non-hydrogen) atoms. The molecule has 2 atom stereocenters. The summed E-state index contributed by atoms with van der Waals surface area (Å²) in [6, 6.07) is 3.65. The van der Waals surface area contributed by atoms with Gasteiger partial charge in [0.15, 0.2) is 11.6 Å². The average Bonchev–Trinajstić information content (AvgIpc) is 3.15. The van der Waals surface area contributed by atoms with Crippen LogP contribution in [0.1, 0.15) is 45.0 Å². The second kappa shape index (κ2) is 8.50. The molecular weight excluding hydrogens is 356 g/mol. The van der Waals surface area contributed by atoms with Crippen LogP contribution in [0.3, 0.4) is 0 Å². The van der Waals surface area contributed by atoms with E-state index in [-0.39, 0.29) is 36.6 Å². The van der Waals surface area contributed by atoms with Gasteiger partial charge in [-0.2, -0.15) is 5.10 Å². The van der Waals surface area contributed by atoms with E-state index in [1.54, 1.807) is 26.5 Å². The van der Waals surface area contributed by atoms with E-state index in [1.165, 1.54) is 4.90 Å². The van der Waals surface area contributed by atoms with Gasteiger partial charge >= 0.3 is 0 Å². The SMILES string of the molecule is CC[C@H](C)[C@H]1c2nc(-c3cccnc3)nn2CCN1C(=O)CCC(=O)N(C)C. The third-order valence-electron chi connectivity index (χ3n) is 5.33. The molecule has 3 heterocycles. The number of hydrogen-bond acceptors (Lipinski definition) is 5. The van der Waals surface area contributed by atoms with Crippen molar-refractivity contribution in [3.05, 3.63) is 30.4 Å². The predicted molar refractivity (Wildman–Crippen MR) is 105 cm³/mol. The number of amides is 2. The maximum atomic E-state index is 12.9. The molecule has 1 aliphatic heterocycles. The minimum absolute atomic E-state index is 0.00215. The predicted octanol–water partition coefficient (Wildman–Crippen LogP) is 2.14. The van der Waals surface area contributed by atoms with E-state index < -0.39 is 0 Å². The van der Waals surface area contributed by atoms with Crippen molar-refractivity contribution in [2.24, 2.45) is 5.92 Å². The first-order chi connectivity index (χ1) is 13.4. The molecule has 150 valence electrons. The van der Waals surface area contributed by atoms with Crippen molar-refractivity contribution in [3.8, 4) is 11.4 Å². The van der Waals surface area contributed by atoms with Crippen LogP contribution in [-0.4, -0.2) is 62.0 Å². The molecule has 8 nitrogen and oxygen atoms in total. The molecule has 0 saturated carbocycles. The van der Waals surface area contributed by atoms with E-state index in [2.05, 4.69) is 23.9 Å². The second-order valence-corrected chi connectivity index (χ2v) is 7.46. The molecule has 0 N–H and O–H groups in total. The van der Waals surface area contributed by atoms with E-state index in [0.29, 0.717) is 18.9 Å². The molecule has 1 aliphatic rings. The van der Waals surface area contributed by atoms with Crippen LogP contribution in [-0.2, 0) is 16.1 Å². The third-order valence-corrected chi connectivity index (χ3v) is 5.33. The molecule has 0 aromatic carbocycles. The molecule has 0 spiro atoms. The lowest BCUT2D eigenvalue weighted by Crippen LogP contribution is -2.45. The fraction of sp³-hybridized carbons (Fsp3) is 0.550. The number of carbonyl (C=O) groups excluding carboxylic acids is 2. The highest BCUT2D eigenvalue weighted by Crippen LogP contribution is 2.34. The van der Waals surface area contributed by atoms with Crippen LogP contribution in [0.25, 0.3) is 11.4 Å². The van der Waals surface area contributed by atoms with Gasteiger partial charge in [0.2, 0.25) is 11.8 Å². The van der Waals surface area contributed by atoms with Crippen LogP contribution in [0.5, 0.6) is 0 Å². The van der Waals surface area contributed by atoms with Gasteiger partial charge in [-0.1, -0.05) is 20.3 Å². The monoisotopic (exact) mass is 384 g/mol. The zero-order valence-electron chi connectivity index (χ0n) is 17.0. The summed E-state index contributed by atoms with van der Waals surface area (Å²) < 4.78 is 1.91. The highest BCUT2D eigenvalue weighted by Gasteiger charge is 2.36. The van der Waals surface area contributed by atoms with E-state index in [9.17, 15) is 9.59 Å². The Hall–Kier alpha value is -2.77. The number of nitrogens with zero attached hydrogens (tertiary/aromatic N) is 6. The van der Waals surface area contributed by atoms with Gasteiger partial charge in [-0.05, 0) is 18.1 Å². The van der Waals surface area contributed by atoms with E-state index in [1.807, 2.05) is 21.7 Å². The van der Waals surface area contributed by atoms with Crippen molar-refractivity contribution >= 4 is 11.8 Å². The first-order valence-electron chi connectivity index (χ1n) is 9.77. The summed E-state index contributed by atoms with van der Waals surface area (Å²) in [4.78, 5) is 37.1. The fourth-order valence-electron chi connectivity index (χ4n) is 3.48. The molecule has 0 fully saturated rings. The largest absolute Gasteiger partial charge is 0.349 e. The molecule has 0 aliphatic carbocycles. The lowest BCUT2D eigenvalue weighted by Gasteiger charge is -2.38. The zero-order valence-corrected chi connectivity index (χ0v) is 17.0. The average molecular weight is 384 g/mol. The Morgan fingerprint density at radius 2 is 2.07 bits per heavy atom. The Labute approximate surface area is 165 Å². The van der Waals surface area contributed by atoms with Crippen molar-refractivity contribution in [1.82, 2.24) is 29.5 Å². The van der Waals surface area contributed by atoms with E-state index in [4.69, 9.17) is 4.98 Å². The lowest BCUT2D eigenvalue weighted by atomic mass is 9.95. The van der Waals surface area contributed by atoms with Crippen LogP contribution in [0.4, 0.5) is 0 Å². The number of pyridine rings is 1. The topological polar surface area (TPSA) is 84.2 Å². The molecule has 8 heteroatoms. The molecule has 0 unspecified atom stereocenters. The number of aromatic nitrogens is 4. The first-order valence-corrected chi connectivity index (χ1v) is 9.77. The molecule has 0 saturated heterocycles. The zero-order chi connectivity index (χ0) is 20.3. The number of fused-ring (bicyclic) bond motifs is 1. The Kier molecular flexibility index (Phi) is 6.06. The molecule has 3 rings (SSSR count). The summed E-state index contributed by atoms with van der Waals surface area (Å²) in [7, 11) is 3.41. The van der Waals surface area contributed by atoms with Gasteiger partial charge in [0.25, 0.3) is 0 Å².